The minimum absolute atomic E-state index is 0.0578. The highest BCUT2D eigenvalue weighted by Gasteiger charge is 2.18. The molecule has 1 fully saturated rings. The average molecular weight is 486 g/mol. The molecule has 9 heteroatoms. The summed E-state index contributed by atoms with van der Waals surface area (Å²) >= 11 is 5.85. The number of nitrogens with zero attached hydrogens (tertiary/aromatic N) is 1. The van der Waals surface area contributed by atoms with Crippen LogP contribution in [0.1, 0.15) is 15.9 Å². The number of carbonyl (C=O) groups excluding carboxylic acids is 1. The van der Waals surface area contributed by atoms with Crippen LogP contribution < -0.4 is 14.9 Å². The second kappa shape index (κ2) is 10.2. The quantitative estimate of drug-likeness (QED) is 0.530. The van der Waals surface area contributed by atoms with Crippen LogP contribution in [0.4, 0.5) is 11.4 Å². The SMILES string of the molecule is O=C(NCc1ccc(N2CCOCC2)cc1)c1ccccc1NS(=O)(=O)c1ccc(Cl)cc1. The van der Waals surface area contributed by atoms with E-state index in [0.717, 1.165) is 37.6 Å². The van der Waals surface area contributed by atoms with E-state index in [1.54, 1.807) is 24.3 Å². The number of benzene rings is 3. The topological polar surface area (TPSA) is 87.7 Å². The number of rotatable bonds is 7. The van der Waals surface area contributed by atoms with E-state index in [4.69, 9.17) is 16.3 Å². The second-order valence-electron chi connectivity index (χ2n) is 7.55. The van der Waals surface area contributed by atoms with Gasteiger partial charge in [-0.25, -0.2) is 8.42 Å². The molecular weight excluding hydrogens is 462 g/mol. The number of para-hydroxylation sites is 1. The van der Waals surface area contributed by atoms with E-state index >= 15 is 0 Å². The maximum Gasteiger partial charge on any atom is 0.261 e. The van der Waals surface area contributed by atoms with Crippen LogP contribution in [-0.2, 0) is 21.3 Å². The largest absolute Gasteiger partial charge is 0.378 e. The summed E-state index contributed by atoms with van der Waals surface area (Å²) in [5.41, 5.74) is 2.50. The molecule has 1 saturated heterocycles. The Morgan fingerprint density at radius 2 is 1.61 bits per heavy atom. The molecule has 1 aliphatic heterocycles. The van der Waals surface area contributed by atoms with E-state index in [1.165, 1.54) is 24.3 Å². The minimum atomic E-state index is -3.87. The standard InChI is InChI=1S/C24H24ClN3O4S/c25-19-7-11-21(12-8-19)33(30,31)27-23-4-2-1-3-22(23)24(29)26-17-18-5-9-20(10-6-18)28-13-15-32-16-14-28/h1-12,27H,13-17H2,(H,26,29). The number of carbonyl (C=O) groups is 1. The first-order valence-corrected chi connectivity index (χ1v) is 12.4. The first-order chi connectivity index (χ1) is 15.9. The Kier molecular flexibility index (Phi) is 7.17. The number of morpholine rings is 1. The van der Waals surface area contributed by atoms with Crippen molar-refractivity contribution in [2.75, 3.05) is 35.9 Å². The molecule has 0 aliphatic carbocycles. The Morgan fingerprint density at radius 3 is 2.30 bits per heavy atom. The predicted molar refractivity (Wildman–Crippen MR) is 129 cm³/mol. The van der Waals surface area contributed by atoms with Crippen molar-refractivity contribution < 1.29 is 17.9 Å². The normalized spacial score (nSPS) is 14.0. The molecule has 0 unspecified atom stereocenters. The van der Waals surface area contributed by atoms with Gasteiger partial charge >= 0.3 is 0 Å². The molecular formula is C24H24ClN3O4S. The molecule has 0 saturated carbocycles. The van der Waals surface area contributed by atoms with Crippen molar-refractivity contribution in [3.63, 3.8) is 0 Å². The lowest BCUT2D eigenvalue weighted by molar-refractivity contribution is 0.0951. The number of hydrogen-bond acceptors (Lipinski definition) is 5. The van der Waals surface area contributed by atoms with E-state index in [2.05, 4.69) is 14.9 Å². The van der Waals surface area contributed by atoms with Crippen LogP contribution >= 0.6 is 11.6 Å². The van der Waals surface area contributed by atoms with Gasteiger partial charge in [0.15, 0.2) is 0 Å². The molecule has 1 heterocycles. The minimum Gasteiger partial charge on any atom is -0.378 e. The third-order valence-electron chi connectivity index (χ3n) is 5.31. The molecule has 3 aromatic carbocycles. The molecule has 0 aromatic heterocycles. The average Bonchev–Trinajstić information content (AvgIpc) is 2.84. The van der Waals surface area contributed by atoms with Gasteiger partial charge in [-0.3, -0.25) is 9.52 Å². The molecule has 2 N–H and O–H groups in total. The van der Waals surface area contributed by atoms with Gasteiger partial charge in [0.05, 0.1) is 29.4 Å². The summed E-state index contributed by atoms with van der Waals surface area (Å²) in [6, 6.07) is 20.3. The Balaban J connectivity index is 1.42. The van der Waals surface area contributed by atoms with Crippen LogP contribution in [0, 0.1) is 0 Å². The van der Waals surface area contributed by atoms with E-state index in [1.807, 2.05) is 24.3 Å². The van der Waals surface area contributed by atoms with Crippen LogP contribution in [-0.4, -0.2) is 40.6 Å². The van der Waals surface area contributed by atoms with Crippen molar-refractivity contribution in [3.05, 3.63) is 88.9 Å². The zero-order chi connectivity index (χ0) is 23.3. The van der Waals surface area contributed by atoms with Gasteiger partial charge in [0.1, 0.15) is 0 Å². The lowest BCUT2D eigenvalue weighted by Crippen LogP contribution is -2.36. The Labute approximate surface area is 198 Å². The molecule has 4 rings (SSSR count). The Hall–Kier alpha value is -3.07. The second-order valence-corrected chi connectivity index (χ2v) is 9.67. The maximum absolute atomic E-state index is 12.8. The van der Waals surface area contributed by atoms with Gasteiger partial charge in [-0.05, 0) is 54.1 Å². The van der Waals surface area contributed by atoms with Crippen molar-refractivity contribution in [2.24, 2.45) is 0 Å². The van der Waals surface area contributed by atoms with Gasteiger partial charge in [-0.1, -0.05) is 35.9 Å². The fourth-order valence-electron chi connectivity index (χ4n) is 3.51. The number of sulfonamides is 1. The summed E-state index contributed by atoms with van der Waals surface area (Å²) in [6.07, 6.45) is 0. The highest BCUT2D eigenvalue weighted by molar-refractivity contribution is 7.92. The number of anilines is 2. The fourth-order valence-corrected chi connectivity index (χ4v) is 4.72. The number of halogens is 1. The van der Waals surface area contributed by atoms with E-state index in [0.29, 0.717) is 11.6 Å². The molecule has 3 aromatic rings. The smallest absolute Gasteiger partial charge is 0.261 e. The molecule has 1 aliphatic rings. The lowest BCUT2D eigenvalue weighted by atomic mass is 10.1. The van der Waals surface area contributed by atoms with Crippen molar-refractivity contribution in [3.8, 4) is 0 Å². The van der Waals surface area contributed by atoms with Gasteiger partial charge in [0.25, 0.3) is 15.9 Å². The third kappa shape index (κ3) is 5.84. The Bertz CT molecular complexity index is 1210. The van der Waals surface area contributed by atoms with Gasteiger partial charge in [0.2, 0.25) is 0 Å². The van der Waals surface area contributed by atoms with Gasteiger partial charge < -0.3 is 15.0 Å². The van der Waals surface area contributed by atoms with Crippen LogP contribution in [0.5, 0.6) is 0 Å². The van der Waals surface area contributed by atoms with Crippen molar-refractivity contribution >= 4 is 38.9 Å². The molecule has 172 valence electrons. The zero-order valence-electron chi connectivity index (χ0n) is 17.8. The maximum atomic E-state index is 12.8. The number of hydrogen-bond donors (Lipinski definition) is 2. The van der Waals surface area contributed by atoms with Crippen LogP contribution in [0.2, 0.25) is 5.02 Å². The molecule has 0 radical (unpaired) electrons. The number of nitrogens with one attached hydrogen (secondary N) is 2. The fraction of sp³-hybridized carbons (Fsp3) is 0.208. The van der Waals surface area contributed by atoms with Crippen molar-refractivity contribution in [1.29, 1.82) is 0 Å². The molecule has 1 amide bonds. The van der Waals surface area contributed by atoms with Crippen LogP contribution in [0.25, 0.3) is 0 Å². The molecule has 33 heavy (non-hydrogen) atoms. The summed E-state index contributed by atoms with van der Waals surface area (Å²) in [5.74, 6) is -0.373. The van der Waals surface area contributed by atoms with Crippen molar-refractivity contribution in [2.45, 2.75) is 11.4 Å². The molecule has 0 bridgehead atoms. The van der Waals surface area contributed by atoms with E-state index in [9.17, 15) is 13.2 Å². The summed E-state index contributed by atoms with van der Waals surface area (Å²) in [5, 5.41) is 3.30. The first kappa shape index (κ1) is 23.1. The van der Waals surface area contributed by atoms with Gasteiger partial charge in [-0.2, -0.15) is 0 Å². The van der Waals surface area contributed by atoms with E-state index < -0.39 is 10.0 Å². The third-order valence-corrected chi connectivity index (χ3v) is 6.94. The summed E-state index contributed by atoms with van der Waals surface area (Å²) in [4.78, 5) is 15.2. The van der Waals surface area contributed by atoms with Gasteiger partial charge in [0, 0.05) is 30.3 Å². The van der Waals surface area contributed by atoms with Crippen LogP contribution in [0.15, 0.2) is 77.7 Å². The number of amides is 1. The summed E-state index contributed by atoms with van der Waals surface area (Å²) in [6.45, 7) is 3.48. The monoisotopic (exact) mass is 485 g/mol. The molecule has 0 atom stereocenters. The van der Waals surface area contributed by atoms with Crippen LogP contribution in [0.3, 0.4) is 0 Å². The highest BCUT2D eigenvalue weighted by Crippen LogP contribution is 2.22. The highest BCUT2D eigenvalue weighted by atomic mass is 35.5. The number of ether oxygens (including phenoxy) is 1. The summed E-state index contributed by atoms with van der Waals surface area (Å²) in [7, 11) is -3.87. The van der Waals surface area contributed by atoms with Gasteiger partial charge in [-0.15, -0.1) is 0 Å². The van der Waals surface area contributed by atoms with Crippen molar-refractivity contribution in [1.82, 2.24) is 5.32 Å². The Morgan fingerprint density at radius 1 is 0.939 bits per heavy atom. The first-order valence-electron chi connectivity index (χ1n) is 10.5. The molecule has 7 nitrogen and oxygen atoms in total. The zero-order valence-corrected chi connectivity index (χ0v) is 19.4. The molecule has 0 spiro atoms. The summed E-state index contributed by atoms with van der Waals surface area (Å²) < 4.78 is 33.3. The lowest BCUT2D eigenvalue weighted by Gasteiger charge is -2.28. The predicted octanol–water partition coefficient (Wildman–Crippen LogP) is 3.91. The van der Waals surface area contributed by atoms with E-state index in [-0.39, 0.29) is 22.1 Å².